The Bertz CT molecular complexity index is 585. The smallest absolute Gasteiger partial charge is 0.303 e. The predicted molar refractivity (Wildman–Crippen MR) is 63.0 cm³/mol. The number of hydrogen-bond acceptors (Lipinski definition) is 6. The standard InChI is InChI=1S/C10H7Cl2N3O3/c1-5(16)17-4-8-14-10(15-18-8)6-2-7(11)9(12)13-3-6/h2-3H,4H2,1H3. The van der Waals surface area contributed by atoms with Crippen molar-refractivity contribution in [1.82, 2.24) is 15.1 Å². The molecule has 0 radical (unpaired) electrons. The molecule has 0 aliphatic carbocycles. The third kappa shape index (κ3) is 2.96. The van der Waals surface area contributed by atoms with Crippen LogP contribution in [0.2, 0.25) is 10.2 Å². The number of carbonyl (C=O) groups is 1. The van der Waals surface area contributed by atoms with E-state index in [-0.39, 0.29) is 17.7 Å². The number of rotatable bonds is 3. The van der Waals surface area contributed by atoms with Crippen LogP contribution in [0.15, 0.2) is 16.8 Å². The van der Waals surface area contributed by atoms with Gasteiger partial charge in [-0.1, -0.05) is 28.4 Å². The van der Waals surface area contributed by atoms with E-state index >= 15 is 0 Å². The highest BCUT2D eigenvalue weighted by Crippen LogP contribution is 2.24. The highest BCUT2D eigenvalue weighted by Gasteiger charge is 2.11. The number of pyridine rings is 1. The Hall–Kier alpha value is -1.66. The number of halogens is 2. The molecule has 0 saturated carbocycles. The molecule has 0 bridgehead atoms. The Kier molecular flexibility index (Phi) is 3.78. The fraction of sp³-hybridized carbons (Fsp3) is 0.200. The van der Waals surface area contributed by atoms with Crippen LogP contribution in [0, 0.1) is 0 Å². The molecule has 8 heteroatoms. The summed E-state index contributed by atoms with van der Waals surface area (Å²) in [6, 6.07) is 1.57. The van der Waals surface area contributed by atoms with Crippen molar-refractivity contribution >= 4 is 29.2 Å². The Morgan fingerprint density at radius 2 is 2.28 bits per heavy atom. The van der Waals surface area contributed by atoms with E-state index in [4.69, 9.17) is 32.5 Å². The predicted octanol–water partition coefficient (Wildman–Crippen LogP) is 2.50. The lowest BCUT2D eigenvalue weighted by Gasteiger charge is -1.96. The molecule has 0 unspecified atom stereocenters. The summed E-state index contributed by atoms with van der Waals surface area (Å²) in [5.41, 5.74) is 0.558. The molecule has 2 aromatic heterocycles. The average Bonchev–Trinajstić information content (AvgIpc) is 2.79. The van der Waals surface area contributed by atoms with Gasteiger partial charge in [-0.05, 0) is 6.07 Å². The quantitative estimate of drug-likeness (QED) is 0.637. The molecule has 0 atom stereocenters. The van der Waals surface area contributed by atoms with Gasteiger partial charge in [0.1, 0.15) is 5.15 Å². The number of ether oxygens (including phenoxy) is 1. The van der Waals surface area contributed by atoms with Crippen LogP contribution in [-0.4, -0.2) is 21.1 Å². The zero-order valence-corrected chi connectivity index (χ0v) is 10.7. The van der Waals surface area contributed by atoms with Crippen LogP contribution in [0.3, 0.4) is 0 Å². The van der Waals surface area contributed by atoms with Gasteiger partial charge in [0.25, 0.3) is 5.89 Å². The van der Waals surface area contributed by atoms with Crippen molar-refractivity contribution in [3.05, 3.63) is 28.3 Å². The zero-order chi connectivity index (χ0) is 13.1. The number of aromatic nitrogens is 3. The van der Waals surface area contributed by atoms with Crippen LogP contribution in [0.5, 0.6) is 0 Å². The first-order valence-electron chi connectivity index (χ1n) is 4.83. The second-order valence-electron chi connectivity index (χ2n) is 3.29. The van der Waals surface area contributed by atoms with Gasteiger partial charge in [0.2, 0.25) is 5.82 Å². The lowest BCUT2D eigenvalue weighted by Crippen LogP contribution is -1.98. The van der Waals surface area contributed by atoms with E-state index in [0.717, 1.165) is 0 Å². The molecular formula is C10H7Cl2N3O3. The van der Waals surface area contributed by atoms with E-state index in [1.807, 2.05) is 0 Å². The first-order valence-corrected chi connectivity index (χ1v) is 5.59. The summed E-state index contributed by atoms with van der Waals surface area (Å²) in [4.78, 5) is 18.5. The molecule has 0 N–H and O–H groups in total. The lowest BCUT2D eigenvalue weighted by molar-refractivity contribution is -0.143. The van der Waals surface area contributed by atoms with E-state index < -0.39 is 5.97 Å². The van der Waals surface area contributed by atoms with E-state index in [1.165, 1.54) is 13.1 Å². The molecule has 94 valence electrons. The monoisotopic (exact) mass is 287 g/mol. The average molecular weight is 288 g/mol. The largest absolute Gasteiger partial charge is 0.456 e. The van der Waals surface area contributed by atoms with Crippen molar-refractivity contribution < 1.29 is 14.1 Å². The topological polar surface area (TPSA) is 78.1 Å². The number of nitrogens with zero attached hydrogens (tertiary/aromatic N) is 3. The van der Waals surface area contributed by atoms with Crippen molar-refractivity contribution in [3.63, 3.8) is 0 Å². The van der Waals surface area contributed by atoms with E-state index in [0.29, 0.717) is 16.4 Å². The molecule has 0 saturated heterocycles. The van der Waals surface area contributed by atoms with Gasteiger partial charge in [0.05, 0.1) is 5.02 Å². The molecule has 6 nitrogen and oxygen atoms in total. The maximum Gasteiger partial charge on any atom is 0.303 e. The minimum absolute atomic E-state index is 0.0723. The molecule has 2 heterocycles. The summed E-state index contributed by atoms with van der Waals surface area (Å²) in [7, 11) is 0. The minimum atomic E-state index is -0.425. The second-order valence-corrected chi connectivity index (χ2v) is 4.05. The van der Waals surface area contributed by atoms with E-state index in [2.05, 4.69) is 15.1 Å². The molecular weight excluding hydrogens is 281 g/mol. The molecule has 2 aromatic rings. The second kappa shape index (κ2) is 5.32. The number of hydrogen-bond donors (Lipinski definition) is 0. The molecule has 18 heavy (non-hydrogen) atoms. The summed E-state index contributed by atoms with van der Waals surface area (Å²) in [5, 5.41) is 4.21. The van der Waals surface area contributed by atoms with Gasteiger partial charge in [0, 0.05) is 18.7 Å². The Morgan fingerprint density at radius 3 is 2.94 bits per heavy atom. The van der Waals surface area contributed by atoms with Crippen molar-refractivity contribution in [2.24, 2.45) is 0 Å². The van der Waals surface area contributed by atoms with Crippen LogP contribution in [-0.2, 0) is 16.1 Å². The molecule has 0 aliphatic rings. The van der Waals surface area contributed by atoms with Crippen molar-refractivity contribution in [3.8, 4) is 11.4 Å². The summed E-state index contributed by atoms with van der Waals surface area (Å²) in [6.45, 7) is 1.22. The van der Waals surface area contributed by atoms with Gasteiger partial charge in [0.15, 0.2) is 6.61 Å². The maximum atomic E-state index is 10.6. The third-order valence-corrected chi connectivity index (χ3v) is 2.61. The van der Waals surface area contributed by atoms with Crippen molar-refractivity contribution in [1.29, 1.82) is 0 Å². The van der Waals surface area contributed by atoms with Crippen LogP contribution in [0.1, 0.15) is 12.8 Å². The van der Waals surface area contributed by atoms with Crippen LogP contribution < -0.4 is 0 Å². The first-order chi connectivity index (χ1) is 8.56. The highest BCUT2D eigenvalue weighted by molar-refractivity contribution is 6.41. The lowest BCUT2D eigenvalue weighted by atomic mass is 10.3. The summed E-state index contributed by atoms with van der Waals surface area (Å²) < 4.78 is 9.62. The summed E-state index contributed by atoms with van der Waals surface area (Å²) in [6.07, 6.45) is 1.47. The van der Waals surface area contributed by atoms with Gasteiger partial charge in [-0.2, -0.15) is 4.98 Å². The third-order valence-electron chi connectivity index (χ3n) is 1.92. The normalized spacial score (nSPS) is 10.4. The fourth-order valence-electron chi connectivity index (χ4n) is 1.14. The molecule has 0 fully saturated rings. The summed E-state index contributed by atoms with van der Waals surface area (Å²) in [5.74, 6) is 0.0560. The maximum absolute atomic E-state index is 10.6. The first kappa shape index (κ1) is 12.8. The highest BCUT2D eigenvalue weighted by atomic mass is 35.5. The van der Waals surface area contributed by atoms with Gasteiger partial charge in [-0.15, -0.1) is 0 Å². The minimum Gasteiger partial charge on any atom is -0.456 e. The van der Waals surface area contributed by atoms with Crippen LogP contribution >= 0.6 is 23.2 Å². The van der Waals surface area contributed by atoms with Crippen molar-refractivity contribution in [2.45, 2.75) is 13.5 Å². The van der Waals surface area contributed by atoms with Gasteiger partial charge in [-0.3, -0.25) is 4.79 Å². The van der Waals surface area contributed by atoms with E-state index in [9.17, 15) is 4.79 Å². The molecule has 0 spiro atoms. The van der Waals surface area contributed by atoms with Crippen LogP contribution in [0.25, 0.3) is 11.4 Å². The fourth-order valence-corrected chi connectivity index (χ4v) is 1.41. The molecule has 2 rings (SSSR count). The Morgan fingerprint density at radius 1 is 1.50 bits per heavy atom. The van der Waals surface area contributed by atoms with Gasteiger partial charge >= 0.3 is 5.97 Å². The molecule has 0 aliphatic heterocycles. The Balaban J connectivity index is 2.18. The Labute approximate surface area is 112 Å². The van der Waals surface area contributed by atoms with Gasteiger partial charge < -0.3 is 9.26 Å². The number of esters is 1. The zero-order valence-electron chi connectivity index (χ0n) is 9.18. The summed E-state index contributed by atoms with van der Waals surface area (Å²) >= 11 is 11.5. The van der Waals surface area contributed by atoms with Crippen LogP contribution in [0.4, 0.5) is 0 Å². The van der Waals surface area contributed by atoms with Crippen molar-refractivity contribution in [2.75, 3.05) is 0 Å². The van der Waals surface area contributed by atoms with Gasteiger partial charge in [-0.25, -0.2) is 4.98 Å². The van der Waals surface area contributed by atoms with E-state index in [1.54, 1.807) is 6.07 Å². The molecule has 0 aromatic carbocycles. The SMILES string of the molecule is CC(=O)OCc1nc(-c2cnc(Cl)c(Cl)c2)no1. The number of carbonyl (C=O) groups excluding carboxylic acids is 1. The molecule has 0 amide bonds.